The summed E-state index contributed by atoms with van der Waals surface area (Å²) in [6.07, 6.45) is 2.33. The molecule has 0 N–H and O–H groups in total. The van der Waals surface area contributed by atoms with Crippen molar-refractivity contribution < 1.29 is 4.39 Å². The molecule has 0 spiro atoms. The Kier molecular flexibility index (Phi) is 3.87. The largest absolute Gasteiger partial charge is 0.262 e. The Morgan fingerprint density at radius 3 is 2.25 bits per heavy atom. The number of nitrogens with zero attached hydrogens (tertiary/aromatic N) is 1. The zero-order valence-corrected chi connectivity index (χ0v) is 8.19. The first kappa shape index (κ1) is 11.1. The van der Waals surface area contributed by atoms with Crippen LogP contribution in [0.3, 0.4) is 0 Å². The molecule has 0 bridgehead atoms. The van der Waals surface area contributed by atoms with Crippen molar-refractivity contribution in [3.63, 3.8) is 0 Å². The Balaban J connectivity index is 4.49. The molecule has 0 amide bonds. The van der Waals surface area contributed by atoms with Crippen LogP contribution in [-0.2, 0) is 0 Å². The fourth-order valence-electron chi connectivity index (χ4n) is 0.405. The van der Waals surface area contributed by atoms with Crippen LogP contribution in [0.5, 0.6) is 0 Å². The van der Waals surface area contributed by atoms with E-state index in [-0.39, 0.29) is 5.41 Å². The lowest BCUT2D eigenvalue weighted by Crippen LogP contribution is -2.16. The molecule has 0 aromatic carbocycles. The third kappa shape index (κ3) is 4.06. The van der Waals surface area contributed by atoms with Crippen LogP contribution >= 0.6 is 0 Å². The first-order valence-electron chi connectivity index (χ1n) is 3.91. The highest BCUT2D eigenvalue weighted by Gasteiger charge is 2.12. The maximum atomic E-state index is 12.5. The standard InChI is InChI=1S/C10H16FN/c1-6-9(11)7-12-8(2)10(3,4)5/h6-7H,1H2,2-5H3/b9-7+,12-8+. The maximum Gasteiger partial charge on any atom is 0.140 e. The molecule has 12 heavy (non-hydrogen) atoms. The van der Waals surface area contributed by atoms with Crippen LogP contribution in [-0.4, -0.2) is 5.71 Å². The van der Waals surface area contributed by atoms with Crippen LogP contribution in [0.2, 0.25) is 0 Å². The molecule has 0 aliphatic heterocycles. The lowest BCUT2D eigenvalue weighted by atomic mass is 9.91. The summed E-state index contributed by atoms with van der Waals surface area (Å²) < 4.78 is 12.5. The highest BCUT2D eigenvalue weighted by molar-refractivity contribution is 5.87. The first-order chi connectivity index (χ1) is 5.38. The fourth-order valence-corrected chi connectivity index (χ4v) is 0.405. The van der Waals surface area contributed by atoms with E-state index in [0.717, 1.165) is 11.8 Å². The number of rotatable bonds is 2. The molecular formula is C10H16FN. The number of aliphatic imine (C=N–C) groups is 1. The van der Waals surface area contributed by atoms with Crippen molar-refractivity contribution in [3.05, 3.63) is 24.7 Å². The maximum absolute atomic E-state index is 12.5. The minimum atomic E-state index is -0.404. The number of hydrogen-bond acceptors (Lipinski definition) is 1. The van der Waals surface area contributed by atoms with Crippen LogP contribution in [0.25, 0.3) is 0 Å². The quantitative estimate of drug-likeness (QED) is 0.443. The SMILES string of the molecule is C=C/C(F)=C\N=C(/C)C(C)(C)C. The normalized spacial score (nSPS) is 14.8. The van der Waals surface area contributed by atoms with Crippen molar-refractivity contribution in [2.75, 3.05) is 0 Å². The molecule has 1 nitrogen and oxygen atoms in total. The van der Waals surface area contributed by atoms with Crippen molar-refractivity contribution >= 4 is 5.71 Å². The van der Waals surface area contributed by atoms with Gasteiger partial charge in [0, 0.05) is 5.71 Å². The van der Waals surface area contributed by atoms with Crippen LogP contribution in [0, 0.1) is 5.41 Å². The van der Waals surface area contributed by atoms with E-state index in [0.29, 0.717) is 0 Å². The van der Waals surface area contributed by atoms with Gasteiger partial charge in [0.15, 0.2) is 0 Å². The molecule has 0 heterocycles. The van der Waals surface area contributed by atoms with Crippen LogP contribution < -0.4 is 0 Å². The summed E-state index contributed by atoms with van der Waals surface area (Å²) in [5, 5.41) is 0. The molecule has 0 aromatic rings. The van der Waals surface area contributed by atoms with Gasteiger partial charge in [-0.05, 0) is 18.4 Å². The average Bonchev–Trinajstić information content (AvgIpc) is 1.97. The van der Waals surface area contributed by atoms with Crippen LogP contribution in [0.15, 0.2) is 29.7 Å². The van der Waals surface area contributed by atoms with Crippen molar-refractivity contribution in [3.8, 4) is 0 Å². The van der Waals surface area contributed by atoms with Gasteiger partial charge in [0.2, 0.25) is 0 Å². The molecule has 0 atom stereocenters. The van der Waals surface area contributed by atoms with Gasteiger partial charge in [-0.3, -0.25) is 4.99 Å². The Hall–Kier alpha value is -0.920. The van der Waals surface area contributed by atoms with E-state index >= 15 is 0 Å². The lowest BCUT2D eigenvalue weighted by molar-refractivity contribution is 0.587. The average molecular weight is 169 g/mol. The second-order valence-corrected chi connectivity index (χ2v) is 3.68. The molecule has 0 unspecified atom stereocenters. The summed E-state index contributed by atoms with van der Waals surface area (Å²) in [6.45, 7) is 11.3. The summed E-state index contributed by atoms with van der Waals surface area (Å²) in [5.74, 6) is -0.404. The topological polar surface area (TPSA) is 12.4 Å². The molecule has 0 saturated carbocycles. The molecule has 0 radical (unpaired) electrons. The zero-order valence-electron chi connectivity index (χ0n) is 8.19. The van der Waals surface area contributed by atoms with Crippen LogP contribution in [0.1, 0.15) is 27.7 Å². The third-order valence-corrected chi connectivity index (χ3v) is 1.66. The summed E-state index contributed by atoms with van der Waals surface area (Å²) in [5.41, 5.74) is 0.900. The second kappa shape index (κ2) is 4.19. The Labute approximate surface area is 73.7 Å². The summed E-state index contributed by atoms with van der Waals surface area (Å²) in [4.78, 5) is 3.97. The van der Waals surface area contributed by atoms with E-state index in [1.807, 2.05) is 27.7 Å². The molecule has 0 fully saturated rings. The van der Waals surface area contributed by atoms with Gasteiger partial charge in [0.25, 0.3) is 0 Å². The Morgan fingerprint density at radius 2 is 1.92 bits per heavy atom. The molecule has 0 saturated heterocycles. The van der Waals surface area contributed by atoms with Gasteiger partial charge < -0.3 is 0 Å². The van der Waals surface area contributed by atoms with E-state index in [2.05, 4.69) is 11.6 Å². The van der Waals surface area contributed by atoms with Gasteiger partial charge in [-0.25, -0.2) is 4.39 Å². The zero-order chi connectivity index (χ0) is 9.78. The van der Waals surface area contributed by atoms with E-state index in [1.54, 1.807) is 0 Å². The van der Waals surface area contributed by atoms with Crippen molar-refractivity contribution in [2.24, 2.45) is 10.4 Å². The molecule has 0 aromatic heterocycles. The second-order valence-electron chi connectivity index (χ2n) is 3.68. The molecular weight excluding hydrogens is 153 g/mol. The van der Waals surface area contributed by atoms with Crippen molar-refractivity contribution in [1.29, 1.82) is 0 Å². The minimum absolute atomic E-state index is 0.00203. The van der Waals surface area contributed by atoms with Gasteiger partial charge in [-0.2, -0.15) is 0 Å². The highest BCUT2D eigenvalue weighted by Crippen LogP contribution is 2.15. The summed E-state index contributed by atoms with van der Waals surface area (Å²) in [6, 6.07) is 0. The van der Waals surface area contributed by atoms with E-state index in [4.69, 9.17) is 0 Å². The molecule has 0 rings (SSSR count). The van der Waals surface area contributed by atoms with Crippen molar-refractivity contribution in [1.82, 2.24) is 0 Å². The van der Waals surface area contributed by atoms with Crippen molar-refractivity contribution in [2.45, 2.75) is 27.7 Å². The predicted molar refractivity (Wildman–Crippen MR) is 52.0 cm³/mol. The van der Waals surface area contributed by atoms with E-state index < -0.39 is 5.83 Å². The molecule has 2 heteroatoms. The number of halogens is 1. The molecule has 0 aliphatic rings. The van der Waals surface area contributed by atoms with Gasteiger partial charge in [0.1, 0.15) is 5.83 Å². The van der Waals surface area contributed by atoms with Crippen LogP contribution in [0.4, 0.5) is 4.39 Å². The van der Waals surface area contributed by atoms with Gasteiger partial charge in [0.05, 0.1) is 6.20 Å². The number of hydrogen-bond donors (Lipinski definition) is 0. The summed E-state index contributed by atoms with van der Waals surface area (Å²) >= 11 is 0. The monoisotopic (exact) mass is 169 g/mol. The summed E-state index contributed by atoms with van der Waals surface area (Å²) in [7, 11) is 0. The smallest absolute Gasteiger partial charge is 0.140 e. The number of allylic oxidation sites excluding steroid dienone is 2. The minimum Gasteiger partial charge on any atom is -0.262 e. The van der Waals surface area contributed by atoms with Gasteiger partial charge in [-0.15, -0.1) is 0 Å². The lowest BCUT2D eigenvalue weighted by Gasteiger charge is -2.16. The van der Waals surface area contributed by atoms with Gasteiger partial charge >= 0.3 is 0 Å². The van der Waals surface area contributed by atoms with Gasteiger partial charge in [-0.1, -0.05) is 27.4 Å². The Bertz CT molecular complexity index is 218. The molecule has 0 aliphatic carbocycles. The van der Waals surface area contributed by atoms with E-state index in [1.165, 1.54) is 6.20 Å². The van der Waals surface area contributed by atoms with E-state index in [9.17, 15) is 4.39 Å². The third-order valence-electron chi connectivity index (χ3n) is 1.66. The molecule has 68 valence electrons. The first-order valence-corrected chi connectivity index (χ1v) is 3.91. The fraction of sp³-hybridized carbons (Fsp3) is 0.500. The Morgan fingerprint density at radius 1 is 1.42 bits per heavy atom. The highest BCUT2D eigenvalue weighted by atomic mass is 19.1. The predicted octanol–water partition coefficient (Wildman–Crippen LogP) is 3.49.